The Hall–Kier alpha value is -1.73. The lowest BCUT2D eigenvalue weighted by Crippen LogP contribution is -2.37. The molecule has 1 unspecified atom stereocenters. The highest BCUT2D eigenvalue weighted by molar-refractivity contribution is 7.18. The van der Waals surface area contributed by atoms with Gasteiger partial charge in [0.25, 0.3) is 5.56 Å². The number of carbonyl (C=O) groups excluding carboxylic acids is 1. The molecular formula is C15H22N4O2S. The number of aryl methyl sites for hydroxylation is 3. The third-order valence-electron chi connectivity index (χ3n) is 3.78. The summed E-state index contributed by atoms with van der Waals surface area (Å²) in [6.07, 6.45) is 0.745. The first kappa shape index (κ1) is 16.6. The van der Waals surface area contributed by atoms with Crippen molar-refractivity contribution in [3.63, 3.8) is 0 Å². The molecule has 0 bridgehead atoms. The molecule has 0 fully saturated rings. The van der Waals surface area contributed by atoms with E-state index in [2.05, 4.69) is 20.6 Å². The lowest BCUT2D eigenvalue weighted by Gasteiger charge is -2.11. The minimum absolute atomic E-state index is 0.0385. The summed E-state index contributed by atoms with van der Waals surface area (Å²) in [5.74, 6) is 0.527. The van der Waals surface area contributed by atoms with Crippen LogP contribution in [0.3, 0.4) is 0 Å². The van der Waals surface area contributed by atoms with Crippen LogP contribution >= 0.6 is 11.3 Å². The number of nitrogens with zero attached hydrogens (tertiary/aromatic N) is 1. The van der Waals surface area contributed by atoms with Crippen LogP contribution in [0.4, 0.5) is 0 Å². The molecule has 7 heteroatoms. The number of fused-ring (bicyclic) bond motifs is 1. The van der Waals surface area contributed by atoms with Gasteiger partial charge in [-0.25, -0.2) is 4.98 Å². The zero-order chi connectivity index (χ0) is 16.3. The molecule has 120 valence electrons. The number of hydrogen-bond donors (Lipinski definition) is 3. The van der Waals surface area contributed by atoms with E-state index in [1.54, 1.807) is 0 Å². The summed E-state index contributed by atoms with van der Waals surface area (Å²) in [4.78, 5) is 33.0. The van der Waals surface area contributed by atoms with Crippen LogP contribution in [-0.2, 0) is 11.2 Å². The van der Waals surface area contributed by atoms with Gasteiger partial charge in [0.1, 0.15) is 10.7 Å². The van der Waals surface area contributed by atoms with Gasteiger partial charge in [-0.1, -0.05) is 0 Å². The van der Waals surface area contributed by atoms with Crippen molar-refractivity contribution < 1.29 is 4.79 Å². The van der Waals surface area contributed by atoms with Crippen molar-refractivity contribution in [2.75, 3.05) is 13.6 Å². The molecule has 0 radical (unpaired) electrons. The molecule has 0 spiro atoms. The van der Waals surface area contributed by atoms with E-state index in [1.807, 2.05) is 27.8 Å². The van der Waals surface area contributed by atoms with E-state index in [0.29, 0.717) is 30.6 Å². The smallest absolute Gasteiger partial charge is 0.259 e. The summed E-state index contributed by atoms with van der Waals surface area (Å²) >= 11 is 1.52. The first-order chi connectivity index (χ1) is 10.4. The molecule has 1 amide bonds. The normalized spacial score (nSPS) is 12.5. The van der Waals surface area contributed by atoms with Gasteiger partial charge in [0.2, 0.25) is 5.91 Å². The van der Waals surface area contributed by atoms with Crippen molar-refractivity contribution in [3.05, 3.63) is 26.6 Å². The standard InChI is InChI=1S/C15H22N4O2S/c1-8(16-4)7-17-12(20)6-5-11-18-14(21)13-9(2)10(3)22-15(13)19-11/h8,16H,5-7H2,1-4H3,(H,17,20)(H,18,19,21). The molecule has 0 aliphatic rings. The highest BCUT2D eigenvalue weighted by atomic mass is 32.1. The van der Waals surface area contributed by atoms with Gasteiger partial charge in [0.15, 0.2) is 0 Å². The van der Waals surface area contributed by atoms with E-state index >= 15 is 0 Å². The third kappa shape index (κ3) is 3.72. The first-order valence-electron chi connectivity index (χ1n) is 7.35. The number of H-pyrrole nitrogens is 1. The van der Waals surface area contributed by atoms with Gasteiger partial charge in [0.05, 0.1) is 5.39 Å². The Kier molecular flexibility index (Phi) is 5.31. The molecule has 0 aliphatic heterocycles. The summed E-state index contributed by atoms with van der Waals surface area (Å²) < 4.78 is 0. The van der Waals surface area contributed by atoms with Crippen LogP contribution in [0, 0.1) is 13.8 Å². The quantitative estimate of drug-likeness (QED) is 0.747. The number of amides is 1. The van der Waals surface area contributed by atoms with Crippen LogP contribution in [-0.4, -0.2) is 35.5 Å². The fourth-order valence-corrected chi connectivity index (χ4v) is 3.16. The molecule has 0 saturated heterocycles. The Morgan fingerprint density at radius 1 is 1.41 bits per heavy atom. The van der Waals surface area contributed by atoms with Crippen LogP contribution in [0.1, 0.15) is 29.6 Å². The van der Waals surface area contributed by atoms with Crippen LogP contribution in [0.5, 0.6) is 0 Å². The van der Waals surface area contributed by atoms with Gasteiger partial charge < -0.3 is 15.6 Å². The number of aromatic nitrogens is 2. The van der Waals surface area contributed by atoms with Crippen LogP contribution < -0.4 is 16.2 Å². The molecule has 22 heavy (non-hydrogen) atoms. The lowest BCUT2D eigenvalue weighted by molar-refractivity contribution is -0.121. The largest absolute Gasteiger partial charge is 0.355 e. The lowest BCUT2D eigenvalue weighted by atomic mass is 10.2. The van der Waals surface area contributed by atoms with E-state index in [-0.39, 0.29) is 17.5 Å². The minimum Gasteiger partial charge on any atom is -0.355 e. The number of nitrogens with one attached hydrogen (secondary N) is 3. The Morgan fingerprint density at radius 2 is 2.14 bits per heavy atom. The number of thiophene rings is 1. The van der Waals surface area contributed by atoms with Gasteiger partial charge in [-0.15, -0.1) is 11.3 Å². The Bertz CT molecular complexity index is 735. The maximum Gasteiger partial charge on any atom is 0.259 e. The number of hydrogen-bond acceptors (Lipinski definition) is 5. The molecule has 3 N–H and O–H groups in total. The van der Waals surface area contributed by atoms with Crippen LogP contribution in [0.2, 0.25) is 0 Å². The van der Waals surface area contributed by atoms with Gasteiger partial charge in [0, 0.05) is 30.3 Å². The molecule has 2 aromatic heterocycles. The molecule has 1 atom stereocenters. The maximum absolute atomic E-state index is 12.1. The third-order valence-corrected chi connectivity index (χ3v) is 4.88. The van der Waals surface area contributed by atoms with Gasteiger partial charge in [-0.3, -0.25) is 9.59 Å². The second kappa shape index (κ2) is 7.02. The minimum atomic E-state index is -0.119. The Balaban J connectivity index is 2.03. The predicted molar refractivity (Wildman–Crippen MR) is 89.6 cm³/mol. The fourth-order valence-electron chi connectivity index (χ4n) is 2.11. The van der Waals surface area contributed by atoms with Crippen molar-refractivity contribution in [1.82, 2.24) is 20.6 Å². The van der Waals surface area contributed by atoms with E-state index < -0.39 is 0 Å². The van der Waals surface area contributed by atoms with Crippen molar-refractivity contribution in [2.45, 2.75) is 39.7 Å². The zero-order valence-electron chi connectivity index (χ0n) is 13.4. The van der Waals surface area contributed by atoms with Gasteiger partial charge in [-0.2, -0.15) is 0 Å². The molecule has 2 heterocycles. The summed E-state index contributed by atoms with van der Waals surface area (Å²) in [6.45, 7) is 6.49. The number of aromatic amines is 1. The average molecular weight is 322 g/mol. The highest BCUT2D eigenvalue weighted by Gasteiger charge is 2.12. The SMILES string of the molecule is CNC(C)CNC(=O)CCc1nc2sc(C)c(C)c2c(=O)[nH]1. The van der Waals surface area contributed by atoms with Crippen molar-refractivity contribution in [1.29, 1.82) is 0 Å². The molecule has 0 aliphatic carbocycles. The second-order valence-electron chi connectivity index (χ2n) is 5.47. The zero-order valence-corrected chi connectivity index (χ0v) is 14.2. The molecule has 2 rings (SSSR count). The summed E-state index contributed by atoms with van der Waals surface area (Å²) in [6, 6.07) is 0.232. The molecule has 6 nitrogen and oxygen atoms in total. The van der Waals surface area contributed by atoms with Crippen molar-refractivity contribution in [2.24, 2.45) is 0 Å². The van der Waals surface area contributed by atoms with E-state index in [0.717, 1.165) is 15.3 Å². The monoisotopic (exact) mass is 322 g/mol. The number of carbonyl (C=O) groups is 1. The average Bonchev–Trinajstić information content (AvgIpc) is 2.77. The summed E-state index contributed by atoms with van der Waals surface area (Å²) in [5, 5.41) is 6.57. The summed E-state index contributed by atoms with van der Waals surface area (Å²) in [7, 11) is 1.85. The molecule has 0 aromatic carbocycles. The van der Waals surface area contributed by atoms with Crippen LogP contribution in [0.25, 0.3) is 10.2 Å². The molecular weight excluding hydrogens is 300 g/mol. The summed E-state index contributed by atoms with van der Waals surface area (Å²) in [5.41, 5.74) is 0.866. The van der Waals surface area contributed by atoms with Crippen molar-refractivity contribution >= 4 is 27.5 Å². The van der Waals surface area contributed by atoms with E-state index in [1.165, 1.54) is 11.3 Å². The number of rotatable bonds is 6. The second-order valence-corrected chi connectivity index (χ2v) is 6.67. The predicted octanol–water partition coefficient (Wildman–Crippen LogP) is 1.26. The molecule has 0 saturated carbocycles. The number of likely N-dealkylation sites (N-methyl/N-ethyl adjacent to an activating group) is 1. The van der Waals surface area contributed by atoms with Gasteiger partial charge >= 0.3 is 0 Å². The Morgan fingerprint density at radius 3 is 2.82 bits per heavy atom. The van der Waals surface area contributed by atoms with Gasteiger partial charge in [-0.05, 0) is 33.4 Å². The topological polar surface area (TPSA) is 86.9 Å². The first-order valence-corrected chi connectivity index (χ1v) is 8.17. The Labute approximate surface area is 133 Å². The van der Waals surface area contributed by atoms with Crippen LogP contribution in [0.15, 0.2) is 4.79 Å². The molecule has 2 aromatic rings. The highest BCUT2D eigenvalue weighted by Crippen LogP contribution is 2.25. The van der Waals surface area contributed by atoms with E-state index in [4.69, 9.17) is 0 Å². The van der Waals surface area contributed by atoms with Crippen molar-refractivity contribution in [3.8, 4) is 0 Å². The van der Waals surface area contributed by atoms with E-state index in [9.17, 15) is 9.59 Å². The maximum atomic E-state index is 12.1. The fraction of sp³-hybridized carbons (Fsp3) is 0.533.